The first-order chi connectivity index (χ1) is 8.99. The summed E-state index contributed by atoms with van der Waals surface area (Å²) in [5, 5.41) is 4.05. The highest BCUT2D eigenvalue weighted by Crippen LogP contribution is 2.27. The Hall–Kier alpha value is -1.40. The second-order valence-electron chi connectivity index (χ2n) is 4.72. The molecule has 0 saturated carbocycles. The van der Waals surface area contributed by atoms with Gasteiger partial charge in [-0.3, -0.25) is 0 Å². The fourth-order valence-electron chi connectivity index (χ4n) is 1.88. The van der Waals surface area contributed by atoms with Gasteiger partial charge in [0.2, 0.25) is 0 Å². The monoisotopic (exact) mass is 283 g/mol. The molecule has 19 heavy (non-hydrogen) atoms. The maximum Gasteiger partial charge on any atom is 0.129 e. The Morgan fingerprint density at radius 1 is 1.32 bits per heavy atom. The van der Waals surface area contributed by atoms with Crippen molar-refractivity contribution in [2.75, 3.05) is 0 Å². The van der Waals surface area contributed by atoms with E-state index in [9.17, 15) is 8.78 Å². The van der Waals surface area contributed by atoms with Crippen molar-refractivity contribution >= 4 is 11.5 Å². The zero-order valence-corrected chi connectivity index (χ0v) is 11.5. The average Bonchev–Trinajstić information content (AvgIpc) is 2.82. The van der Waals surface area contributed by atoms with E-state index in [0.29, 0.717) is 12.0 Å². The third kappa shape index (κ3) is 3.13. The SMILES string of the molecule is CC(C)c1nnsc1C(N)Cc1ccc(F)cc1F. The van der Waals surface area contributed by atoms with E-state index < -0.39 is 11.6 Å². The van der Waals surface area contributed by atoms with Gasteiger partial charge in [0.15, 0.2) is 0 Å². The van der Waals surface area contributed by atoms with Gasteiger partial charge in [0.05, 0.1) is 10.6 Å². The summed E-state index contributed by atoms with van der Waals surface area (Å²) in [5.74, 6) is -0.936. The molecule has 2 N–H and O–H groups in total. The van der Waals surface area contributed by atoms with Crippen molar-refractivity contribution in [2.45, 2.75) is 32.2 Å². The average molecular weight is 283 g/mol. The fourth-order valence-corrected chi connectivity index (χ4v) is 2.68. The molecule has 0 bridgehead atoms. The fraction of sp³-hybridized carbons (Fsp3) is 0.385. The Bertz CT molecular complexity index is 569. The zero-order chi connectivity index (χ0) is 14.0. The van der Waals surface area contributed by atoms with Crippen molar-refractivity contribution in [1.29, 1.82) is 0 Å². The van der Waals surface area contributed by atoms with Gasteiger partial charge in [0, 0.05) is 12.1 Å². The maximum atomic E-state index is 13.6. The minimum atomic E-state index is -0.586. The molecule has 0 aliphatic carbocycles. The Kier molecular flexibility index (Phi) is 4.21. The first kappa shape index (κ1) is 14.0. The molecule has 0 radical (unpaired) electrons. The number of halogens is 2. The predicted octanol–water partition coefficient (Wildman–Crippen LogP) is 3.18. The van der Waals surface area contributed by atoms with Crippen molar-refractivity contribution in [1.82, 2.24) is 9.59 Å². The predicted molar refractivity (Wildman–Crippen MR) is 71.0 cm³/mol. The lowest BCUT2D eigenvalue weighted by Crippen LogP contribution is -2.15. The summed E-state index contributed by atoms with van der Waals surface area (Å²) in [6.45, 7) is 4.01. The highest BCUT2D eigenvalue weighted by atomic mass is 32.1. The van der Waals surface area contributed by atoms with Crippen LogP contribution in [0.15, 0.2) is 18.2 Å². The molecule has 1 aromatic heterocycles. The van der Waals surface area contributed by atoms with Crippen molar-refractivity contribution in [3.63, 3.8) is 0 Å². The van der Waals surface area contributed by atoms with Gasteiger partial charge >= 0.3 is 0 Å². The molecule has 2 rings (SSSR count). The van der Waals surface area contributed by atoms with Crippen LogP contribution in [0.25, 0.3) is 0 Å². The van der Waals surface area contributed by atoms with Gasteiger partial charge in [-0.1, -0.05) is 24.4 Å². The molecule has 0 aliphatic heterocycles. The lowest BCUT2D eigenvalue weighted by atomic mass is 10.0. The van der Waals surface area contributed by atoms with Crippen molar-refractivity contribution in [2.24, 2.45) is 5.73 Å². The molecule has 6 heteroatoms. The normalized spacial score (nSPS) is 12.9. The van der Waals surface area contributed by atoms with Gasteiger partial charge < -0.3 is 5.73 Å². The number of hydrogen-bond acceptors (Lipinski definition) is 4. The quantitative estimate of drug-likeness (QED) is 0.937. The Morgan fingerprint density at radius 2 is 2.05 bits per heavy atom. The van der Waals surface area contributed by atoms with Gasteiger partial charge in [-0.2, -0.15) is 0 Å². The van der Waals surface area contributed by atoms with Crippen LogP contribution < -0.4 is 5.73 Å². The first-order valence-electron chi connectivity index (χ1n) is 6.00. The van der Waals surface area contributed by atoms with Crippen LogP contribution in [0.2, 0.25) is 0 Å². The topological polar surface area (TPSA) is 51.8 Å². The van der Waals surface area contributed by atoms with Crippen LogP contribution in [0.5, 0.6) is 0 Å². The molecule has 0 aliphatic rings. The van der Waals surface area contributed by atoms with Crippen LogP contribution in [0, 0.1) is 11.6 Å². The number of rotatable bonds is 4. The van der Waals surface area contributed by atoms with E-state index in [1.165, 1.54) is 23.7 Å². The molecule has 0 amide bonds. The van der Waals surface area contributed by atoms with E-state index in [1.807, 2.05) is 13.8 Å². The highest BCUT2D eigenvalue weighted by molar-refractivity contribution is 7.05. The zero-order valence-electron chi connectivity index (χ0n) is 10.7. The van der Waals surface area contributed by atoms with Gasteiger partial charge in [0.1, 0.15) is 11.6 Å². The second kappa shape index (κ2) is 5.71. The van der Waals surface area contributed by atoms with Gasteiger partial charge in [-0.25, -0.2) is 8.78 Å². The van der Waals surface area contributed by atoms with E-state index >= 15 is 0 Å². The molecule has 1 unspecified atom stereocenters. The van der Waals surface area contributed by atoms with E-state index in [2.05, 4.69) is 9.59 Å². The van der Waals surface area contributed by atoms with Crippen LogP contribution in [0.4, 0.5) is 8.78 Å². The summed E-state index contributed by atoms with van der Waals surface area (Å²) in [7, 11) is 0. The van der Waals surface area contributed by atoms with Crippen LogP contribution in [-0.4, -0.2) is 9.59 Å². The molecule has 102 valence electrons. The Labute approximate surface area is 114 Å². The Balaban J connectivity index is 2.21. The van der Waals surface area contributed by atoms with Crippen molar-refractivity contribution in [3.8, 4) is 0 Å². The van der Waals surface area contributed by atoms with Gasteiger partial charge in [0.25, 0.3) is 0 Å². The summed E-state index contributed by atoms with van der Waals surface area (Å²) >= 11 is 1.23. The van der Waals surface area contributed by atoms with Crippen LogP contribution in [-0.2, 0) is 6.42 Å². The van der Waals surface area contributed by atoms with E-state index in [1.54, 1.807) is 0 Å². The number of nitrogens with two attached hydrogens (primary N) is 1. The number of benzene rings is 1. The molecule has 1 atom stereocenters. The van der Waals surface area contributed by atoms with E-state index in [4.69, 9.17) is 5.73 Å². The highest BCUT2D eigenvalue weighted by Gasteiger charge is 2.19. The minimum absolute atomic E-state index is 0.220. The van der Waals surface area contributed by atoms with Crippen LogP contribution in [0.3, 0.4) is 0 Å². The summed E-state index contributed by atoms with van der Waals surface area (Å²) in [6, 6.07) is 3.15. The molecule has 1 heterocycles. The van der Waals surface area contributed by atoms with Crippen molar-refractivity contribution in [3.05, 3.63) is 46.0 Å². The largest absolute Gasteiger partial charge is 0.323 e. The van der Waals surface area contributed by atoms with Crippen LogP contribution in [0.1, 0.15) is 41.9 Å². The maximum absolute atomic E-state index is 13.6. The smallest absolute Gasteiger partial charge is 0.129 e. The van der Waals surface area contributed by atoms with Gasteiger partial charge in [-0.15, -0.1) is 5.10 Å². The lowest BCUT2D eigenvalue weighted by molar-refractivity contribution is 0.563. The Morgan fingerprint density at radius 3 is 2.68 bits per heavy atom. The number of nitrogens with zero attached hydrogens (tertiary/aromatic N) is 2. The minimum Gasteiger partial charge on any atom is -0.323 e. The molecule has 3 nitrogen and oxygen atoms in total. The third-order valence-electron chi connectivity index (χ3n) is 2.88. The molecular formula is C13H15F2N3S. The number of hydrogen-bond donors (Lipinski definition) is 1. The third-order valence-corrected chi connectivity index (χ3v) is 3.75. The van der Waals surface area contributed by atoms with E-state index in [-0.39, 0.29) is 12.0 Å². The van der Waals surface area contributed by atoms with E-state index in [0.717, 1.165) is 16.6 Å². The summed E-state index contributed by atoms with van der Waals surface area (Å²) in [6.07, 6.45) is 0.301. The number of aromatic nitrogens is 2. The first-order valence-corrected chi connectivity index (χ1v) is 6.78. The van der Waals surface area contributed by atoms with Gasteiger partial charge in [-0.05, 0) is 35.5 Å². The molecule has 0 fully saturated rings. The molecular weight excluding hydrogens is 268 g/mol. The summed E-state index contributed by atoms with van der Waals surface area (Å²) in [5.41, 5.74) is 7.33. The molecule has 0 saturated heterocycles. The molecule has 1 aromatic carbocycles. The summed E-state index contributed by atoms with van der Waals surface area (Å²) in [4.78, 5) is 0.860. The van der Waals surface area contributed by atoms with Crippen LogP contribution >= 0.6 is 11.5 Å². The standard InChI is InChI=1S/C13H15F2N3S/c1-7(2)12-13(19-18-17-12)11(16)5-8-3-4-9(14)6-10(8)15/h3-4,6-7,11H,5,16H2,1-2H3. The summed E-state index contributed by atoms with van der Waals surface area (Å²) < 4.78 is 30.3. The lowest BCUT2D eigenvalue weighted by Gasteiger charge is -2.12. The van der Waals surface area contributed by atoms with Crippen molar-refractivity contribution < 1.29 is 8.78 Å². The molecule has 2 aromatic rings. The second-order valence-corrected chi connectivity index (χ2v) is 5.51. The molecule has 0 spiro atoms.